The van der Waals surface area contributed by atoms with E-state index in [1.807, 2.05) is 18.7 Å². The van der Waals surface area contributed by atoms with E-state index in [0.717, 1.165) is 18.0 Å². The van der Waals surface area contributed by atoms with Crippen molar-refractivity contribution < 1.29 is 4.52 Å². The number of thioether (sulfide) groups is 1. The van der Waals surface area contributed by atoms with Crippen LogP contribution in [0.3, 0.4) is 0 Å². The molecule has 1 fully saturated rings. The highest BCUT2D eigenvalue weighted by molar-refractivity contribution is 7.99. The van der Waals surface area contributed by atoms with Gasteiger partial charge in [0, 0.05) is 11.7 Å². The Hall–Kier alpha value is -0.550. The first-order valence-corrected chi connectivity index (χ1v) is 5.59. The summed E-state index contributed by atoms with van der Waals surface area (Å²) in [7, 11) is 0. The third-order valence-corrected chi connectivity index (χ3v) is 3.30. The SMILES string of the molecule is C[C@@H](N)c1nc(C2CCSC2)no1. The van der Waals surface area contributed by atoms with E-state index < -0.39 is 0 Å². The highest BCUT2D eigenvalue weighted by Gasteiger charge is 2.23. The molecule has 1 aromatic heterocycles. The maximum absolute atomic E-state index is 5.62. The minimum Gasteiger partial charge on any atom is -0.338 e. The molecule has 1 unspecified atom stereocenters. The van der Waals surface area contributed by atoms with Crippen LogP contribution in [0.1, 0.15) is 37.0 Å². The maximum atomic E-state index is 5.62. The summed E-state index contributed by atoms with van der Waals surface area (Å²) in [6.07, 6.45) is 1.16. The normalized spacial score (nSPS) is 24.9. The van der Waals surface area contributed by atoms with Crippen molar-refractivity contribution in [3.63, 3.8) is 0 Å². The molecule has 0 aliphatic carbocycles. The lowest BCUT2D eigenvalue weighted by atomic mass is 10.1. The first kappa shape index (κ1) is 9.02. The van der Waals surface area contributed by atoms with E-state index in [1.165, 1.54) is 5.75 Å². The van der Waals surface area contributed by atoms with Crippen molar-refractivity contribution in [2.24, 2.45) is 5.73 Å². The molecule has 1 saturated heterocycles. The van der Waals surface area contributed by atoms with E-state index in [2.05, 4.69) is 10.1 Å². The van der Waals surface area contributed by atoms with Gasteiger partial charge < -0.3 is 10.3 Å². The van der Waals surface area contributed by atoms with E-state index in [4.69, 9.17) is 10.3 Å². The lowest BCUT2D eigenvalue weighted by molar-refractivity contribution is 0.355. The van der Waals surface area contributed by atoms with Crippen molar-refractivity contribution in [1.29, 1.82) is 0 Å². The van der Waals surface area contributed by atoms with Crippen LogP contribution in [0.15, 0.2) is 4.52 Å². The first-order chi connectivity index (χ1) is 6.27. The topological polar surface area (TPSA) is 64.9 Å². The van der Waals surface area contributed by atoms with E-state index in [0.29, 0.717) is 11.8 Å². The molecule has 1 aromatic rings. The molecule has 0 bridgehead atoms. The van der Waals surface area contributed by atoms with Crippen LogP contribution in [0.25, 0.3) is 0 Å². The summed E-state index contributed by atoms with van der Waals surface area (Å²) < 4.78 is 5.04. The third-order valence-electron chi connectivity index (χ3n) is 2.14. The molecule has 2 heterocycles. The number of hydrogen-bond acceptors (Lipinski definition) is 5. The molecule has 0 radical (unpaired) electrons. The van der Waals surface area contributed by atoms with Gasteiger partial charge in [-0.1, -0.05) is 5.16 Å². The van der Waals surface area contributed by atoms with Gasteiger partial charge in [0.05, 0.1) is 6.04 Å². The zero-order valence-corrected chi connectivity index (χ0v) is 8.38. The molecule has 2 N–H and O–H groups in total. The van der Waals surface area contributed by atoms with Crippen molar-refractivity contribution in [3.05, 3.63) is 11.7 Å². The number of hydrogen-bond donors (Lipinski definition) is 1. The fourth-order valence-corrected chi connectivity index (χ4v) is 2.55. The Morgan fingerprint density at radius 1 is 1.69 bits per heavy atom. The quantitative estimate of drug-likeness (QED) is 0.778. The smallest absolute Gasteiger partial charge is 0.243 e. The molecule has 2 atom stereocenters. The summed E-state index contributed by atoms with van der Waals surface area (Å²) in [4.78, 5) is 4.28. The van der Waals surface area contributed by atoms with Gasteiger partial charge >= 0.3 is 0 Å². The van der Waals surface area contributed by atoms with Crippen LogP contribution in [0.4, 0.5) is 0 Å². The molecular weight excluding hydrogens is 186 g/mol. The van der Waals surface area contributed by atoms with Gasteiger partial charge in [0.2, 0.25) is 5.89 Å². The Kier molecular flexibility index (Phi) is 2.55. The van der Waals surface area contributed by atoms with Crippen molar-refractivity contribution in [2.75, 3.05) is 11.5 Å². The standard InChI is InChI=1S/C8H13N3OS/c1-5(9)8-10-7(11-12-8)6-2-3-13-4-6/h5-6H,2-4,9H2,1H3/t5-,6?/m1/s1. The molecule has 2 rings (SSSR count). The van der Waals surface area contributed by atoms with Crippen LogP contribution in [0.5, 0.6) is 0 Å². The predicted molar refractivity (Wildman–Crippen MR) is 51.6 cm³/mol. The Labute approximate surface area is 81.3 Å². The molecular formula is C8H13N3OS. The Balaban J connectivity index is 2.12. The maximum Gasteiger partial charge on any atom is 0.243 e. The Bertz CT molecular complexity index is 281. The average molecular weight is 199 g/mol. The van der Waals surface area contributed by atoms with Gasteiger partial charge in [-0.25, -0.2) is 0 Å². The number of rotatable bonds is 2. The molecule has 0 spiro atoms. The average Bonchev–Trinajstić information content (AvgIpc) is 2.75. The van der Waals surface area contributed by atoms with E-state index in [9.17, 15) is 0 Å². The van der Waals surface area contributed by atoms with Crippen LogP contribution in [0.2, 0.25) is 0 Å². The van der Waals surface area contributed by atoms with Gasteiger partial charge in [-0.3, -0.25) is 0 Å². The molecule has 1 aliphatic rings. The van der Waals surface area contributed by atoms with Crippen LogP contribution in [-0.4, -0.2) is 21.6 Å². The zero-order chi connectivity index (χ0) is 9.26. The number of aromatic nitrogens is 2. The lowest BCUT2D eigenvalue weighted by Gasteiger charge is -1.98. The molecule has 72 valence electrons. The highest BCUT2D eigenvalue weighted by atomic mass is 32.2. The van der Waals surface area contributed by atoms with Crippen molar-refractivity contribution in [1.82, 2.24) is 10.1 Å². The van der Waals surface area contributed by atoms with Gasteiger partial charge in [-0.2, -0.15) is 16.7 Å². The summed E-state index contributed by atoms with van der Waals surface area (Å²) in [6, 6.07) is -0.157. The molecule has 0 amide bonds. The number of nitrogens with two attached hydrogens (primary N) is 1. The fourth-order valence-electron chi connectivity index (χ4n) is 1.34. The van der Waals surface area contributed by atoms with Gasteiger partial charge in [0.15, 0.2) is 5.82 Å². The van der Waals surface area contributed by atoms with Gasteiger partial charge in [-0.05, 0) is 19.1 Å². The molecule has 0 aromatic carbocycles. The second-order valence-electron chi connectivity index (χ2n) is 3.34. The fraction of sp³-hybridized carbons (Fsp3) is 0.750. The summed E-state index contributed by atoms with van der Waals surface area (Å²) in [5.41, 5.74) is 5.62. The Morgan fingerprint density at radius 3 is 3.08 bits per heavy atom. The van der Waals surface area contributed by atoms with Crippen LogP contribution >= 0.6 is 11.8 Å². The third kappa shape index (κ3) is 1.86. The summed E-state index contributed by atoms with van der Waals surface area (Å²) in [5.74, 6) is 4.16. The van der Waals surface area contributed by atoms with Crippen molar-refractivity contribution in [3.8, 4) is 0 Å². The molecule has 0 saturated carbocycles. The van der Waals surface area contributed by atoms with Gasteiger partial charge in [0.1, 0.15) is 0 Å². The summed E-state index contributed by atoms with van der Waals surface area (Å²) >= 11 is 1.94. The van der Waals surface area contributed by atoms with Gasteiger partial charge in [-0.15, -0.1) is 0 Å². The second kappa shape index (κ2) is 3.67. The molecule has 13 heavy (non-hydrogen) atoms. The van der Waals surface area contributed by atoms with E-state index in [-0.39, 0.29) is 6.04 Å². The van der Waals surface area contributed by atoms with Crippen LogP contribution < -0.4 is 5.73 Å². The lowest BCUT2D eigenvalue weighted by Crippen LogP contribution is -2.06. The van der Waals surface area contributed by atoms with E-state index in [1.54, 1.807) is 0 Å². The van der Waals surface area contributed by atoms with E-state index >= 15 is 0 Å². The predicted octanol–water partition coefficient (Wildman–Crippen LogP) is 1.31. The number of nitrogens with zero attached hydrogens (tertiary/aromatic N) is 2. The zero-order valence-electron chi connectivity index (χ0n) is 7.56. The Morgan fingerprint density at radius 2 is 2.54 bits per heavy atom. The molecule has 5 heteroatoms. The van der Waals surface area contributed by atoms with Crippen LogP contribution in [0, 0.1) is 0 Å². The molecule has 4 nitrogen and oxygen atoms in total. The molecule has 1 aliphatic heterocycles. The summed E-state index contributed by atoms with van der Waals surface area (Å²) in [6.45, 7) is 1.85. The first-order valence-electron chi connectivity index (χ1n) is 4.44. The minimum atomic E-state index is -0.157. The van der Waals surface area contributed by atoms with Crippen molar-refractivity contribution >= 4 is 11.8 Å². The minimum absolute atomic E-state index is 0.157. The second-order valence-corrected chi connectivity index (χ2v) is 4.49. The van der Waals surface area contributed by atoms with Crippen LogP contribution in [-0.2, 0) is 0 Å². The summed E-state index contributed by atoms with van der Waals surface area (Å²) in [5, 5.41) is 3.94. The monoisotopic (exact) mass is 199 g/mol. The van der Waals surface area contributed by atoms with Gasteiger partial charge in [0.25, 0.3) is 0 Å². The van der Waals surface area contributed by atoms with Crippen molar-refractivity contribution in [2.45, 2.75) is 25.3 Å². The highest BCUT2D eigenvalue weighted by Crippen LogP contribution is 2.30. The largest absolute Gasteiger partial charge is 0.338 e.